The highest BCUT2D eigenvalue weighted by Gasteiger charge is 2.32. The maximum atomic E-state index is 12.0. The van der Waals surface area contributed by atoms with E-state index in [0.717, 1.165) is 38.5 Å². The third-order valence-electron chi connectivity index (χ3n) is 4.78. The van der Waals surface area contributed by atoms with Crippen molar-refractivity contribution in [1.29, 1.82) is 0 Å². The molecule has 0 spiro atoms. The lowest BCUT2D eigenvalue weighted by molar-refractivity contribution is -0.123. The van der Waals surface area contributed by atoms with Crippen LogP contribution >= 0.6 is 0 Å². The fraction of sp³-hybridized carbons (Fsp3) is 0.765. The Labute approximate surface area is 142 Å². The molecule has 7 nitrogen and oxygen atoms in total. The highest BCUT2D eigenvalue weighted by Crippen LogP contribution is 2.31. The Morgan fingerprint density at radius 1 is 1.21 bits per heavy atom. The van der Waals surface area contributed by atoms with Gasteiger partial charge in [0.2, 0.25) is 5.91 Å². The normalized spacial score (nSPS) is 24.0. The Balaban J connectivity index is 1.47. The first-order chi connectivity index (χ1) is 11.5. The molecule has 2 N–H and O–H groups in total. The molecule has 132 valence electrons. The Hall–Kier alpha value is -1.92. The lowest BCUT2D eigenvalue weighted by atomic mass is 9.91. The molecule has 0 atom stereocenters. The van der Waals surface area contributed by atoms with Crippen LogP contribution in [0.2, 0.25) is 0 Å². The molecule has 1 aromatic rings. The van der Waals surface area contributed by atoms with E-state index in [0.29, 0.717) is 18.2 Å². The van der Waals surface area contributed by atoms with Gasteiger partial charge in [-0.15, -0.1) is 5.10 Å². The fourth-order valence-corrected chi connectivity index (χ4v) is 3.10. The van der Waals surface area contributed by atoms with Crippen LogP contribution in [-0.4, -0.2) is 39.4 Å². The smallest absolute Gasteiger partial charge is 0.273 e. The van der Waals surface area contributed by atoms with Crippen molar-refractivity contribution >= 4 is 11.8 Å². The van der Waals surface area contributed by atoms with E-state index in [-0.39, 0.29) is 29.8 Å². The first-order valence-electron chi connectivity index (χ1n) is 9.03. The summed E-state index contributed by atoms with van der Waals surface area (Å²) >= 11 is 0. The molecular weight excluding hydrogens is 306 g/mol. The van der Waals surface area contributed by atoms with Crippen LogP contribution in [0.15, 0.2) is 6.20 Å². The molecule has 2 fully saturated rings. The predicted octanol–water partition coefficient (Wildman–Crippen LogP) is 1.67. The zero-order valence-corrected chi connectivity index (χ0v) is 14.5. The number of carbonyl (C=O) groups excluding carboxylic acids is 2. The van der Waals surface area contributed by atoms with Gasteiger partial charge in [0.05, 0.1) is 12.2 Å². The monoisotopic (exact) mass is 333 g/mol. The molecule has 0 bridgehead atoms. The van der Waals surface area contributed by atoms with Gasteiger partial charge in [0.15, 0.2) is 5.69 Å². The van der Waals surface area contributed by atoms with Gasteiger partial charge in [-0.2, -0.15) is 0 Å². The van der Waals surface area contributed by atoms with Gasteiger partial charge in [0.1, 0.15) is 0 Å². The molecular formula is C17H27N5O2. The summed E-state index contributed by atoms with van der Waals surface area (Å²) in [5.41, 5.74) is 0.375. The van der Waals surface area contributed by atoms with E-state index in [9.17, 15) is 9.59 Å². The molecule has 24 heavy (non-hydrogen) atoms. The van der Waals surface area contributed by atoms with Gasteiger partial charge in [0, 0.05) is 18.5 Å². The highest BCUT2D eigenvalue weighted by atomic mass is 16.2. The number of hydrogen-bond donors (Lipinski definition) is 2. The third kappa shape index (κ3) is 4.33. The highest BCUT2D eigenvalue weighted by molar-refractivity contribution is 5.91. The number of nitrogens with one attached hydrogen (secondary N) is 2. The first kappa shape index (κ1) is 16.9. The molecule has 7 heteroatoms. The van der Waals surface area contributed by atoms with Crippen LogP contribution in [0.5, 0.6) is 0 Å². The van der Waals surface area contributed by atoms with E-state index in [2.05, 4.69) is 34.8 Å². The molecule has 0 aromatic carbocycles. The Bertz CT molecular complexity index is 586. The van der Waals surface area contributed by atoms with Crippen molar-refractivity contribution in [1.82, 2.24) is 25.6 Å². The maximum Gasteiger partial charge on any atom is 0.273 e. The number of hydrogen-bond acceptors (Lipinski definition) is 4. The average molecular weight is 333 g/mol. The largest absolute Gasteiger partial charge is 0.353 e. The summed E-state index contributed by atoms with van der Waals surface area (Å²) in [6.45, 7) is 4.74. The van der Waals surface area contributed by atoms with Gasteiger partial charge in [-0.3, -0.25) is 9.59 Å². The number of nitrogens with zero attached hydrogens (tertiary/aromatic N) is 3. The number of carbonyl (C=O) groups is 2. The lowest BCUT2D eigenvalue weighted by Gasteiger charge is -2.28. The predicted molar refractivity (Wildman–Crippen MR) is 89.4 cm³/mol. The van der Waals surface area contributed by atoms with Gasteiger partial charge in [-0.25, -0.2) is 4.68 Å². The van der Waals surface area contributed by atoms with Crippen LogP contribution < -0.4 is 10.6 Å². The topological polar surface area (TPSA) is 88.9 Å². The first-order valence-corrected chi connectivity index (χ1v) is 9.03. The summed E-state index contributed by atoms with van der Waals surface area (Å²) in [6.07, 6.45) is 7.64. The van der Waals surface area contributed by atoms with Crippen LogP contribution in [0, 0.1) is 11.8 Å². The number of amides is 2. The van der Waals surface area contributed by atoms with Crippen molar-refractivity contribution in [3.8, 4) is 0 Å². The molecule has 0 radical (unpaired) electrons. The second kappa shape index (κ2) is 7.32. The van der Waals surface area contributed by atoms with Gasteiger partial charge in [-0.05, 0) is 44.4 Å². The Kier molecular flexibility index (Phi) is 5.16. The van der Waals surface area contributed by atoms with Crippen LogP contribution in [0.25, 0.3) is 0 Å². The van der Waals surface area contributed by atoms with Gasteiger partial charge in [0.25, 0.3) is 5.91 Å². The van der Waals surface area contributed by atoms with Crippen LogP contribution in [0.3, 0.4) is 0 Å². The minimum absolute atomic E-state index is 0.166. The second-order valence-electron chi connectivity index (χ2n) is 7.48. The van der Waals surface area contributed by atoms with Crippen LogP contribution in [0.4, 0.5) is 0 Å². The third-order valence-corrected chi connectivity index (χ3v) is 4.78. The van der Waals surface area contributed by atoms with E-state index in [1.54, 1.807) is 6.20 Å². The lowest BCUT2D eigenvalue weighted by Crippen LogP contribution is -2.38. The van der Waals surface area contributed by atoms with Crippen LogP contribution in [0.1, 0.15) is 68.9 Å². The van der Waals surface area contributed by atoms with E-state index in [1.807, 2.05) is 4.68 Å². The van der Waals surface area contributed by atoms with Crippen molar-refractivity contribution in [2.75, 3.05) is 6.54 Å². The summed E-state index contributed by atoms with van der Waals surface area (Å²) in [5.74, 6) is 0.735. The summed E-state index contributed by atoms with van der Waals surface area (Å²) < 4.78 is 1.81. The SMILES string of the molecule is CC(C)CNC(=O)c1cn(C2CCC(NC(=O)C3CC3)CC2)nn1. The molecule has 0 unspecified atom stereocenters. The van der Waals surface area contributed by atoms with Crippen molar-refractivity contribution in [2.24, 2.45) is 11.8 Å². The molecule has 1 heterocycles. The quantitative estimate of drug-likeness (QED) is 0.829. The van der Waals surface area contributed by atoms with Crippen molar-refractivity contribution in [2.45, 2.75) is 64.5 Å². The summed E-state index contributed by atoms with van der Waals surface area (Å²) in [4.78, 5) is 23.8. The van der Waals surface area contributed by atoms with Gasteiger partial charge >= 0.3 is 0 Å². The van der Waals surface area contributed by atoms with E-state index >= 15 is 0 Å². The van der Waals surface area contributed by atoms with Crippen molar-refractivity contribution in [3.63, 3.8) is 0 Å². The number of aromatic nitrogens is 3. The molecule has 2 saturated carbocycles. The second-order valence-corrected chi connectivity index (χ2v) is 7.48. The summed E-state index contributed by atoms with van der Waals surface area (Å²) in [5, 5.41) is 14.1. The Morgan fingerprint density at radius 2 is 1.92 bits per heavy atom. The summed E-state index contributed by atoms with van der Waals surface area (Å²) in [7, 11) is 0. The molecule has 0 saturated heterocycles. The van der Waals surface area contributed by atoms with Crippen LogP contribution in [-0.2, 0) is 4.79 Å². The van der Waals surface area contributed by atoms with Crippen molar-refractivity contribution < 1.29 is 9.59 Å². The molecule has 1 aromatic heterocycles. The molecule has 2 aliphatic rings. The molecule has 2 amide bonds. The zero-order chi connectivity index (χ0) is 17.1. The van der Waals surface area contributed by atoms with E-state index < -0.39 is 0 Å². The van der Waals surface area contributed by atoms with E-state index in [1.165, 1.54) is 0 Å². The fourth-order valence-electron chi connectivity index (χ4n) is 3.10. The van der Waals surface area contributed by atoms with Crippen molar-refractivity contribution in [3.05, 3.63) is 11.9 Å². The average Bonchev–Trinajstić information content (AvgIpc) is 3.31. The zero-order valence-electron chi connectivity index (χ0n) is 14.5. The standard InChI is InChI=1S/C17H27N5O2/c1-11(2)9-18-17(24)15-10-22(21-20-15)14-7-5-13(6-8-14)19-16(23)12-3-4-12/h10-14H,3-9H2,1-2H3,(H,18,24)(H,19,23). The van der Waals surface area contributed by atoms with E-state index in [4.69, 9.17) is 0 Å². The minimum atomic E-state index is -0.166. The molecule has 2 aliphatic carbocycles. The Morgan fingerprint density at radius 3 is 2.54 bits per heavy atom. The summed E-state index contributed by atoms with van der Waals surface area (Å²) in [6, 6.07) is 0.546. The number of rotatable bonds is 6. The van der Waals surface area contributed by atoms with Gasteiger partial charge < -0.3 is 10.6 Å². The maximum absolute atomic E-state index is 12.0. The van der Waals surface area contributed by atoms with Gasteiger partial charge in [-0.1, -0.05) is 19.1 Å². The molecule has 3 rings (SSSR count). The minimum Gasteiger partial charge on any atom is -0.353 e. The molecule has 0 aliphatic heterocycles.